The fraction of sp³-hybridized carbons (Fsp3) is 0.222. The lowest BCUT2D eigenvalue weighted by Crippen LogP contribution is -2.30. The van der Waals surface area contributed by atoms with Gasteiger partial charge in [0.05, 0.1) is 12.1 Å². The Kier molecular flexibility index (Phi) is 3.86. The van der Waals surface area contributed by atoms with Gasteiger partial charge in [-0.05, 0) is 18.2 Å². The number of carbonyl (C=O) groups excluding carboxylic acids is 1. The predicted molar refractivity (Wildman–Crippen MR) is 91.6 cm³/mol. The molecule has 0 radical (unpaired) electrons. The van der Waals surface area contributed by atoms with Gasteiger partial charge in [-0.15, -0.1) is 0 Å². The molecule has 4 rings (SSSR count). The lowest BCUT2D eigenvalue weighted by Gasteiger charge is -2.17. The van der Waals surface area contributed by atoms with E-state index in [2.05, 4.69) is 4.98 Å². The minimum Gasteiger partial charge on any atom is -0.487 e. The molecular formula is C18H16ClN3O2. The third-order valence-corrected chi connectivity index (χ3v) is 4.50. The van der Waals surface area contributed by atoms with Crippen LogP contribution in [0.1, 0.15) is 16.8 Å². The molecular weight excluding hydrogens is 326 g/mol. The van der Waals surface area contributed by atoms with E-state index in [-0.39, 0.29) is 12.0 Å². The number of fused-ring (bicyclic) bond motifs is 1. The fourth-order valence-corrected chi connectivity index (χ4v) is 3.17. The first kappa shape index (κ1) is 15.0. The molecule has 1 aliphatic heterocycles. The van der Waals surface area contributed by atoms with Crippen LogP contribution in [-0.2, 0) is 0 Å². The molecule has 0 aromatic carbocycles. The lowest BCUT2D eigenvalue weighted by molar-refractivity contribution is 0.0772. The average molecular weight is 342 g/mol. The van der Waals surface area contributed by atoms with Gasteiger partial charge in [0.25, 0.3) is 5.91 Å². The van der Waals surface area contributed by atoms with Crippen molar-refractivity contribution in [3.05, 3.63) is 65.7 Å². The Morgan fingerprint density at radius 2 is 2.25 bits per heavy atom. The maximum absolute atomic E-state index is 12.7. The van der Waals surface area contributed by atoms with Crippen LogP contribution in [-0.4, -0.2) is 39.4 Å². The van der Waals surface area contributed by atoms with Crippen LogP contribution in [0.5, 0.6) is 5.75 Å². The molecule has 1 atom stereocenters. The summed E-state index contributed by atoms with van der Waals surface area (Å²) >= 11 is 6.07. The molecule has 3 aromatic rings. The molecule has 0 saturated carbocycles. The number of nitrogens with zero attached hydrogens (tertiary/aromatic N) is 3. The van der Waals surface area contributed by atoms with E-state index < -0.39 is 0 Å². The van der Waals surface area contributed by atoms with Crippen LogP contribution in [0.3, 0.4) is 0 Å². The van der Waals surface area contributed by atoms with E-state index in [1.54, 1.807) is 18.5 Å². The number of halogens is 1. The molecule has 0 unspecified atom stereocenters. The number of carbonyl (C=O) groups is 1. The highest BCUT2D eigenvalue weighted by Gasteiger charge is 2.29. The van der Waals surface area contributed by atoms with Crippen molar-refractivity contribution in [3.63, 3.8) is 0 Å². The molecule has 1 saturated heterocycles. The van der Waals surface area contributed by atoms with Crippen LogP contribution in [0.2, 0.25) is 5.02 Å². The Bertz CT molecular complexity index is 860. The molecule has 6 heteroatoms. The summed E-state index contributed by atoms with van der Waals surface area (Å²) in [6.45, 7) is 1.24. The van der Waals surface area contributed by atoms with Crippen LogP contribution in [0, 0.1) is 0 Å². The molecule has 3 aromatic heterocycles. The summed E-state index contributed by atoms with van der Waals surface area (Å²) in [7, 11) is 0. The molecule has 0 spiro atoms. The number of amides is 1. The monoisotopic (exact) mass is 341 g/mol. The SMILES string of the molecule is O=C(c1cc2ccccn2c1)N1CC[C@H](Oc2ccncc2Cl)C1. The number of rotatable bonds is 3. The molecule has 4 heterocycles. The molecule has 0 N–H and O–H groups in total. The highest BCUT2D eigenvalue weighted by Crippen LogP contribution is 2.26. The number of likely N-dealkylation sites (tertiary alicyclic amines) is 1. The standard InChI is InChI=1S/C18H16ClN3O2/c19-16-10-20-6-4-17(16)24-15-5-8-22(12-15)18(23)13-9-14-3-1-2-7-21(14)11-13/h1-4,6-7,9-11,15H,5,8,12H2/t15-/m0/s1. The summed E-state index contributed by atoms with van der Waals surface area (Å²) in [6, 6.07) is 9.54. The van der Waals surface area contributed by atoms with E-state index in [0.29, 0.717) is 29.4 Å². The Morgan fingerprint density at radius 3 is 3.08 bits per heavy atom. The van der Waals surface area contributed by atoms with Crippen molar-refractivity contribution in [1.29, 1.82) is 0 Å². The zero-order valence-corrected chi connectivity index (χ0v) is 13.7. The first-order chi connectivity index (χ1) is 11.7. The topological polar surface area (TPSA) is 46.8 Å². The highest BCUT2D eigenvalue weighted by atomic mass is 35.5. The van der Waals surface area contributed by atoms with Gasteiger partial charge in [-0.1, -0.05) is 17.7 Å². The number of pyridine rings is 2. The minimum absolute atomic E-state index is 0.0330. The molecule has 24 heavy (non-hydrogen) atoms. The van der Waals surface area contributed by atoms with Crippen LogP contribution in [0.4, 0.5) is 0 Å². The normalized spacial score (nSPS) is 17.4. The van der Waals surface area contributed by atoms with Crippen molar-refractivity contribution < 1.29 is 9.53 Å². The van der Waals surface area contributed by atoms with Crippen LogP contribution < -0.4 is 4.74 Å². The van der Waals surface area contributed by atoms with E-state index >= 15 is 0 Å². The molecule has 1 aliphatic rings. The van der Waals surface area contributed by atoms with Gasteiger partial charge < -0.3 is 14.0 Å². The molecule has 1 fully saturated rings. The summed E-state index contributed by atoms with van der Waals surface area (Å²) in [5, 5.41) is 0.487. The third-order valence-electron chi connectivity index (χ3n) is 4.21. The number of hydrogen-bond donors (Lipinski definition) is 0. The predicted octanol–water partition coefficient (Wildman–Crippen LogP) is 3.28. The van der Waals surface area contributed by atoms with Gasteiger partial charge in [0, 0.05) is 49.3 Å². The van der Waals surface area contributed by atoms with Crippen LogP contribution in [0.15, 0.2) is 55.1 Å². The van der Waals surface area contributed by atoms with Crippen LogP contribution >= 0.6 is 11.6 Å². The van der Waals surface area contributed by atoms with E-state index in [1.807, 2.05) is 46.0 Å². The Morgan fingerprint density at radius 1 is 1.33 bits per heavy atom. The second-order valence-electron chi connectivity index (χ2n) is 5.85. The fourth-order valence-electron chi connectivity index (χ4n) is 3.00. The van der Waals surface area contributed by atoms with Gasteiger partial charge in [0.1, 0.15) is 16.9 Å². The van der Waals surface area contributed by atoms with Gasteiger partial charge >= 0.3 is 0 Å². The molecule has 0 aliphatic carbocycles. The van der Waals surface area contributed by atoms with Gasteiger partial charge in [0.15, 0.2) is 0 Å². The number of aromatic nitrogens is 2. The van der Waals surface area contributed by atoms with Crippen LogP contribution in [0.25, 0.3) is 5.52 Å². The van der Waals surface area contributed by atoms with Gasteiger partial charge in [-0.2, -0.15) is 0 Å². The molecule has 0 bridgehead atoms. The van der Waals surface area contributed by atoms with Crippen molar-refractivity contribution in [1.82, 2.24) is 14.3 Å². The second-order valence-corrected chi connectivity index (χ2v) is 6.25. The highest BCUT2D eigenvalue weighted by molar-refractivity contribution is 6.31. The van der Waals surface area contributed by atoms with Crippen molar-refractivity contribution in [3.8, 4) is 5.75 Å². The summed E-state index contributed by atoms with van der Waals surface area (Å²) < 4.78 is 7.86. The van der Waals surface area contributed by atoms with Crippen molar-refractivity contribution in [2.24, 2.45) is 0 Å². The average Bonchev–Trinajstić information content (AvgIpc) is 3.23. The molecule has 122 valence electrons. The smallest absolute Gasteiger partial charge is 0.255 e. The largest absolute Gasteiger partial charge is 0.487 e. The first-order valence-corrected chi connectivity index (χ1v) is 8.21. The van der Waals surface area contributed by atoms with Gasteiger partial charge in [0.2, 0.25) is 0 Å². The third kappa shape index (κ3) is 2.83. The Balaban J connectivity index is 1.46. The molecule has 1 amide bonds. The van der Waals surface area contributed by atoms with E-state index in [4.69, 9.17) is 16.3 Å². The number of hydrogen-bond acceptors (Lipinski definition) is 3. The van der Waals surface area contributed by atoms with E-state index in [1.165, 1.54) is 0 Å². The van der Waals surface area contributed by atoms with Crippen molar-refractivity contribution >= 4 is 23.0 Å². The van der Waals surface area contributed by atoms with Gasteiger partial charge in [-0.25, -0.2) is 0 Å². The summed E-state index contributed by atoms with van der Waals surface area (Å²) in [5.41, 5.74) is 1.71. The number of ether oxygens (including phenoxy) is 1. The maximum atomic E-state index is 12.7. The lowest BCUT2D eigenvalue weighted by atomic mass is 10.3. The van der Waals surface area contributed by atoms with E-state index in [0.717, 1.165) is 11.9 Å². The zero-order valence-electron chi connectivity index (χ0n) is 12.9. The van der Waals surface area contributed by atoms with Crippen molar-refractivity contribution in [2.45, 2.75) is 12.5 Å². The zero-order chi connectivity index (χ0) is 16.5. The first-order valence-electron chi connectivity index (χ1n) is 7.83. The van der Waals surface area contributed by atoms with Crippen molar-refractivity contribution in [2.75, 3.05) is 13.1 Å². The van der Waals surface area contributed by atoms with E-state index in [9.17, 15) is 4.79 Å². The summed E-state index contributed by atoms with van der Waals surface area (Å²) in [6.07, 6.45) is 7.75. The molecule has 5 nitrogen and oxygen atoms in total. The van der Waals surface area contributed by atoms with Gasteiger partial charge in [-0.3, -0.25) is 9.78 Å². The summed E-state index contributed by atoms with van der Waals surface area (Å²) in [5.74, 6) is 0.645. The minimum atomic E-state index is -0.0501. The Labute approximate surface area is 144 Å². The quantitative estimate of drug-likeness (QED) is 0.734. The maximum Gasteiger partial charge on any atom is 0.255 e. The summed E-state index contributed by atoms with van der Waals surface area (Å²) in [4.78, 5) is 18.5. The Hall–Kier alpha value is -2.53. The second kappa shape index (κ2) is 6.17.